The number of hydrogen-bond donors (Lipinski definition) is 1. The van der Waals surface area contributed by atoms with Crippen molar-refractivity contribution in [1.29, 1.82) is 0 Å². The van der Waals surface area contributed by atoms with Gasteiger partial charge in [-0.15, -0.1) is 0 Å². The largest absolute Gasteiger partial charge is 0.497 e. The van der Waals surface area contributed by atoms with Gasteiger partial charge in [0, 0.05) is 18.7 Å². The molecule has 1 N–H and O–H groups in total. The average Bonchev–Trinajstić information content (AvgIpc) is 3.12. The van der Waals surface area contributed by atoms with E-state index in [1.165, 1.54) is 14.2 Å². The summed E-state index contributed by atoms with van der Waals surface area (Å²) in [5.74, 6) is 1.11. The molecule has 0 atom stereocenters. The van der Waals surface area contributed by atoms with Gasteiger partial charge >= 0.3 is 0 Å². The molecule has 0 unspecified atom stereocenters. The van der Waals surface area contributed by atoms with Crippen LogP contribution in [0.4, 0.5) is 0 Å². The summed E-state index contributed by atoms with van der Waals surface area (Å²) >= 11 is 0. The van der Waals surface area contributed by atoms with Crippen LogP contribution in [0, 0.1) is 0 Å². The smallest absolute Gasteiger partial charge is 0.270 e. The van der Waals surface area contributed by atoms with Crippen molar-refractivity contribution < 1.29 is 23.8 Å². The Morgan fingerprint density at radius 1 is 0.844 bits per heavy atom. The highest BCUT2D eigenvalue weighted by Gasteiger charge is 2.22. The summed E-state index contributed by atoms with van der Waals surface area (Å²) in [5, 5.41) is 2.82. The van der Waals surface area contributed by atoms with Crippen LogP contribution in [0.15, 0.2) is 48.2 Å². The van der Waals surface area contributed by atoms with Gasteiger partial charge in [-0.25, -0.2) is 0 Å². The quantitative estimate of drug-likeness (QED) is 0.664. The molecule has 3 rings (SSSR count). The predicted octanol–water partition coefficient (Wildman–Crippen LogP) is 3.89. The number of ether oxygens (including phenoxy) is 3. The van der Waals surface area contributed by atoms with Crippen molar-refractivity contribution in [1.82, 2.24) is 10.2 Å². The number of methoxy groups -OCH3 is 3. The predicted molar refractivity (Wildman–Crippen MR) is 123 cm³/mol. The monoisotopic (exact) mass is 438 g/mol. The van der Waals surface area contributed by atoms with Crippen LogP contribution in [0.3, 0.4) is 0 Å². The Labute approximate surface area is 189 Å². The van der Waals surface area contributed by atoms with Gasteiger partial charge in [-0.1, -0.05) is 25.0 Å². The number of carbonyl (C=O) groups excluding carboxylic acids is 2. The van der Waals surface area contributed by atoms with Gasteiger partial charge in [-0.3, -0.25) is 9.59 Å². The van der Waals surface area contributed by atoms with E-state index in [1.54, 1.807) is 31.4 Å². The summed E-state index contributed by atoms with van der Waals surface area (Å²) in [7, 11) is 4.65. The van der Waals surface area contributed by atoms with Crippen LogP contribution in [-0.2, 0) is 4.79 Å². The number of likely N-dealkylation sites (tertiary alicyclic amines) is 1. The fraction of sp³-hybridized carbons (Fsp3) is 0.360. The molecule has 2 aromatic carbocycles. The lowest BCUT2D eigenvalue weighted by atomic mass is 10.1. The van der Waals surface area contributed by atoms with Crippen molar-refractivity contribution in [2.24, 2.45) is 0 Å². The second-order valence-electron chi connectivity index (χ2n) is 7.56. The number of rotatable bonds is 7. The number of hydrogen-bond acceptors (Lipinski definition) is 5. The van der Waals surface area contributed by atoms with Crippen molar-refractivity contribution in [3.05, 3.63) is 59.3 Å². The molecule has 7 nitrogen and oxygen atoms in total. The van der Waals surface area contributed by atoms with Gasteiger partial charge in [-0.2, -0.15) is 0 Å². The number of amides is 2. The Morgan fingerprint density at radius 2 is 1.50 bits per heavy atom. The molecule has 1 heterocycles. The molecule has 0 radical (unpaired) electrons. The molecule has 0 bridgehead atoms. The first-order valence-corrected chi connectivity index (χ1v) is 10.7. The molecule has 1 saturated heterocycles. The van der Waals surface area contributed by atoms with Crippen molar-refractivity contribution in [2.75, 3.05) is 34.4 Å². The van der Waals surface area contributed by atoms with E-state index >= 15 is 0 Å². The normalized spacial score (nSPS) is 14.3. The van der Waals surface area contributed by atoms with Gasteiger partial charge < -0.3 is 24.4 Å². The molecular weight excluding hydrogens is 408 g/mol. The van der Waals surface area contributed by atoms with Gasteiger partial charge in [0.1, 0.15) is 11.4 Å². The minimum absolute atomic E-state index is 0.184. The minimum atomic E-state index is -0.395. The molecule has 1 aliphatic rings. The van der Waals surface area contributed by atoms with Gasteiger partial charge in [0.25, 0.3) is 11.8 Å². The number of nitrogens with one attached hydrogen (secondary N) is 1. The highest BCUT2D eigenvalue weighted by Crippen LogP contribution is 2.27. The number of carbonyl (C=O) groups is 2. The molecule has 0 aliphatic carbocycles. The molecule has 2 aromatic rings. The summed E-state index contributed by atoms with van der Waals surface area (Å²) < 4.78 is 15.7. The van der Waals surface area contributed by atoms with Crippen LogP contribution in [0.5, 0.6) is 17.2 Å². The molecule has 1 aliphatic heterocycles. The van der Waals surface area contributed by atoms with Gasteiger partial charge in [-0.05, 0) is 54.8 Å². The molecule has 0 aromatic heterocycles. The van der Waals surface area contributed by atoms with Crippen LogP contribution in [-0.4, -0.2) is 51.1 Å². The van der Waals surface area contributed by atoms with Gasteiger partial charge in [0.15, 0.2) is 11.5 Å². The summed E-state index contributed by atoms with van der Waals surface area (Å²) in [6.45, 7) is 1.37. The third-order valence-corrected chi connectivity index (χ3v) is 5.44. The van der Waals surface area contributed by atoms with Crippen LogP contribution < -0.4 is 19.5 Å². The van der Waals surface area contributed by atoms with E-state index in [2.05, 4.69) is 5.32 Å². The standard InChI is InChI=1S/C25H30N2O5/c1-30-20-11-8-18(9-12-20)16-21(25(29)27-14-6-4-5-7-15-27)26-24(28)19-10-13-22(31-2)23(17-19)32-3/h8-13,16-17H,4-7,14-15H2,1-3H3,(H,26,28)/b21-16+. The van der Waals surface area contributed by atoms with E-state index in [1.807, 2.05) is 29.2 Å². The summed E-state index contributed by atoms with van der Waals surface area (Å²) in [6, 6.07) is 12.2. The third-order valence-electron chi connectivity index (χ3n) is 5.44. The average molecular weight is 439 g/mol. The van der Waals surface area contributed by atoms with Crippen LogP contribution >= 0.6 is 0 Å². The summed E-state index contributed by atoms with van der Waals surface area (Å²) in [4.78, 5) is 28.2. The molecule has 2 amide bonds. The van der Waals surface area contributed by atoms with E-state index in [9.17, 15) is 9.59 Å². The lowest BCUT2D eigenvalue weighted by Crippen LogP contribution is -2.39. The maximum atomic E-state index is 13.3. The van der Waals surface area contributed by atoms with Crippen LogP contribution in [0.25, 0.3) is 6.08 Å². The van der Waals surface area contributed by atoms with Crippen molar-refractivity contribution in [2.45, 2.75) is 25.7 Å². The number of benzene rings is 2. The zero-order chi connectivity index (χ0) is 22.9. The zero-order valence-electron chi connectivity index (χ0n) is 18.8. The van der Waals surface area contributed by atoms with Crippen molar-refractivity contribution >= 4 is 17.9 Å². The third kappa shape index (κ3) is 5.81. The fourth-order valence-electron chi connectivity index (χ4n) is 3.63. The highest BCUT2D eigenvalue weighted by molar-refractivity contribution is 6.05. The van der Waals surface area contributed by atoms with Crippen molar-refractivity contribution in [3.8, 4) is 17.2 Å². The zero-order valence-corrected chi connectivity index (χ0v) is 18.8. The second kappa shape index (κ2) is 11.2. The molecule has 0 spiro atoms. The Morgan fingerprint density at radius 3 is 2.09 bits per heavy atom. The van der Waals surface area contributed by atoms with E-state index in [4.69, 9.17) is 14.2 Å². The van der Waals surface area contributed by atoms with E-state index in [0.717, 1.165) is 37.0 Å². The Hall–Kier alpha value is -3.48. The van der Waals surface area contributed by atoms with E-state index in [0.29, 0.717) is 30.2 Å². The maximum absolute atomic E-state index is 13.3. The molecule has 7 heteroatoms. The first kappa shape index (κ1) is 23.2. The lowest BCUT2D eigenvalue weighted by Gasteiger charge is -2.22. The van der Waals surface area contributed by atoms with Crippen molar-refractivity contribution in [3.63, 3.8) is 0 Å². The number of nitrogens with zero attached hydrogens (tertiary/aromatic N) is 1. The minimum Gasteiger partial charge on any atom is -0.497 e. The van der Waals surface area contributed by atoms with E-state index < -0.39 is 5.91 Å². The Kier molecular flexibility index (Phi) is 8.14. The SMILES string of the molecule is COc1ccc(/C=C(/NC(=O)c2ccc(OC)c(OC)c2)C(=O)N2CCCCCC2)cc1. The maximum Gasteiger partial charge on any atom is 0.270 e. The summed E-state index contributed by atoms with van der Waals surface area (Å²) in [5.41, 5.74) is 1.39. The highest BCUT2D eigenvalue weighted by atomic mass is 16.5. The fourth-order valence-corrected chi connectivity index (χ4v) is 3.63. The molecular formula is C25H30N2O5. The summed E-state index contributed by atoms with van der Waals surface area (Å²) in [6.07, 6.45) is 5.85. The molecule has 32 heavy (non-hydrogen) atoms. The first-order valence-electron chi connectivity index (χ1n) is 10.7. The van der Waals surface area contributed by atoms with Crippen LogP contribution in [0.1, 0.15) is 41.6 Å². The molecule has 0 saturated carbocycles. The second-order valence-corrected chi connectivity index (χ2v) is 7.56. The lowest BCUT2D eigenvalue weighted by molar-refractivity contribution is -0.127. The van der Waals surface area contributed by atoms with Crippen LogP contribution in [0.2, 0.25) is 0 Å². The molecule has 1 fully saturated rings. The topological polar surface area (TPSA) is 77.1 Å². The Balaban J connectivity index is 1.89. The first-order chi connectivity index (χ1) is 15.5. The Bertz CT molecular complexity index is 961. The van der Waals surface area contributed by atoms with E-state index in [-0.39, 0.29) is 11.6 Å². The molecule has 170 valence electrons. The van der Waals surface area contributed by atoms with Gasteiger partial charge in [0.2, 0.25) is 0 Å². The van der Waals surface area contributed by atoms with Gasteiger partial charge in [0.05, 0.1) is 21.3 Å².